The van der Waals surface area contributed by atoms with Crippen molar-refractivity contribution in [3.8, 4) is 0 Å². The Hall–Kier alpha value is -2.02. The summed E-state index contributed by atoms with van der Waals surface area (Å²) in [4.78, 5) is 36.0. The quantitative estimate of drug-likeness (QED) is 0.751. The van der Waals surface area contributed by atoms with Crippen molar-refractivity contribution in [2.24, 2.45) is 11.8 Å². The van der Waals surface area contributed by atoms with E-state index >= 15 is 0 Å². The molecule has 0 aromatic heterocycles. The van der Waals surface area contributed by atoms with Gasteiger partial charge in [-0.1, -0.05) is 23.7 Å². The van der Waals surface area contributed by atoms with Crippen molar-refractivity contribution in [2.75, 3.05) is 0 Å². The van der Waals surface area contributed by atoms with E-state index < -0.39 is 35.2 Å². The molecule has 0 spiro atoms. The molecule has 0 unspecified atom stereocenters. The first kappa shape index (κ1) is 20.7. The predicted molar refractivity (Wildman–Crippen MR) is 100.0 cm³/mol. The third-order valence-corrected chi connectivity index (χ3v) is 6.12. The van der Waals surface area contributed by atoms with E-state index in [1.807, 2.05) is 0 Å². The van der Waals surface area contributed by atoms with Crippen LogP contribution < -0.4 is 10.6 Å². The van der Waals surface area contributed by atoms with E-state index in [4.69, 9.17) is 11.6 Å². The van der Waals surface area contributed by atoms with Crippen molar-refractivity contribution >= 4 is 29.2 Å². The predicted octanol–water partition coefficient (Wildman–Crippen LogP) is 3.42. The van der Waals surface area contributed by atoms with Crippen LogP contribution in [0.2, 0.25) is 5.02 Å². The van der Waals surface area contributed by atoms with Crippen LogP contribution in [0.15, 0.2) is 24.3 Å². The maximum absolute atomic E-state index is 14.1. The number of hydrogen-bond donors (Lipinski definition) is 2. The lowest BCUT2D eigenvalue weighted by atomic mass is 9.65. The molecule has 2 aliphatic carbocycles. The van der Waals surface area contributed by atoms with Gasteiger partial charge < -0.3 is 10.6 Å². The second-order valence-corrected chi connectivity index (χ2v) is 8.31. The molecule has 0 bridgehead atoms. The van der Waals surface area contributed by atoms with Gasteiger partial charge in [-0.3, -0.25) is 14.4 Å². The van der Waals surface area contributed by atoms with Crippen molar-refractivity contribution in [2.45, 2.75) is 57.0 Å². The number of nitrogens with one attached hydrogen (secondary N) is 2. The molecular weight excluding hydrogens is 390 g/mol. The van der Waals surface area contributed by atoms with Crippen LogP contribution in [0.4, 0.5) is 8.78 Å². The monoisotopic (exact) mass is 412 g/mol. The molecule has 0 aliphatic heterocycles. The Morgan fingerprint density at radius 1 is 1.21 bits per heavy atom. The Bertz CT molecular complexity index is 808. The van der Waals surface area contributed by atoms with E-state index in [1.165, 1.54) is 13.8 Å². The van der Waals surface area contributed by atoms with E-state index in [9.17, 15) is 23.2 Å². The van der Waals surface area contributed by atoms with Crippen molar-refractivity contribution in [1.82, 2.24) is 10.6 Å². The Morgan fingerprint density at radius 3 is 2.36 bits per heavy atom. The molecule has 2 saturated carbocycles. The highest BCUT2D eigenvalue weighted by atomic mass is 35.5. The minimum absolute atomic E-state index is 0.164. The number of hydrogen-bond acceptors (Lipinski definition) is 3. The molecule has 0 radical (unpaired) electrons. The molecule has 2 atom stereocenters. The molecule has 1 aromatic rings. The molecule has 152 valence electrons. The van der Waals surface area contributed by atoms with Crippen molar-refractivity contribution in [1.29, 1.82) is 0 Å². The van der Waals surface area contributed by atoms with Gasteiger partial charge in [-0.05, 0) is 43.9 Å². The maximum Gasteiger partial charge on any atom is 0.253 e. The van der Waals surface area contributed by atoms with Gasteiger partial charge in [-0.2, -0.15) is 0 Å². The second-order valence-electron chi connectivity index (χ2n) is 7.87. The van der Waals surface area contributed by atoms with Crippen LogP contribution in [0.3, 0.4) is 0 Å². The number of Topliss-reactive ketones (excluding diaryl/α,β-unsaturated/α-hetero) is 1. The number of carbonyl (C=O) groups excluding carboxylic acids is 3. The third-order valence-electron chi connectivity index (χ3n) is 5.89. The standard InChI is InChI=1S/C20H23ClF2N2O3/c1-11(26)19(25-12(2)27)9-14(10-19)18(28)24-17(16-6-7-20(16,22)23)13-4-3-5-15(21)8-13/h3-5,8,14,16-17H,6-7,9-10H2,1-2H3,(H,24,28)(H,25,27)/t14?,16-,17+,19?/m0/s1. The van der Waals surface area contributed by atoms with Gasteiger partial charge in [-0.15, -0.1) is 0 Å². The van der Waals surface area contributed by atoms with Gasteiger partial charge in [0.15, 0.2) is 5.78 Å². The third kappa shape index (κ3) is 3.90. The molecule has 2 N–H and O–H groups in total. The topological polar surface area (TPSA) is 75.3 Å². The summed E-state index contributed by atoms with van der Waals surface area (Å²) in [6, 6.07) is 5.70. The summed E-state index contributed by atoms with van der Waals surface area (Å²) in [5.74, 6) is -5.33. The highest BCUT2D eigenvalue weighted by Gasteiger charge is 2.55. The summed E-state index contributed by atoms with van der Waals surface area (Å²) in [7, 11) is 0. The summed E-state index contributed by atoms with van der Waals surface area (Å²) < 4.78 is 28.2. The zero-order chi connectivity index (χ0) is 20.7. The van der Waals surface area contributed by atoms with E-state index in [0.717, 1.165) is 0 Å². The lowest BCUT2D eigenvalue weighted by molar-refractivity contribution is -0.153. The van der Waals surface area contributed by atoms with E-state index in [0.29, 0.717) is 17.0 Å². The van der Waals surface area contributed by atoms with Crippen LogP contribution in [0.25, 0.3) is 0 Å². The highest BCUT2D eigenvalue weighted by Crippen LogP contribution is 2.50. The lowest BCUT2D eigenvalue weighted by Crippen LogP contribution is -2.64. The van der Waals surface area contributed by atoms with Crippen molar-refractivity contribution in [3.05, 3.63) is 34.9 Å². The maximum atomic E-state index is 14.1. The number of ketones is 1. The minimum atomic E-state index is -2.85. The summed E-state index contributed by atoms with van der Waals surface area (Å²) in [5.41, 5.74) is -0.510. The molecule has 2 fully saturated rings. The summed E-state index contributed by atoms with van der Waals surface area (Å²) in [5, 5.41) is 5.78. The van der Waals surface area contributed by atoms with Gasteiger partial charge in [0.25, 0.3) is 5.92 Å². The van der Waals surface area contributed by atoms with Gasteiger partial charge >= 0.3 is 0 Å². The first-order valence-corrected chi connectivity index (χ1v) is 9.65. The summed E-state index contributed by atoms with van der Waals surface area (Å²) in [6.45, 7) is 2.68. The Morgan fingerprint density at radius 2 is 1.89 bits per heavy atom. The van der Waals surface area contributed by atoms with Crippen LogP contribution in [0.1, 0.15) is 51.1 Å². The largest absolute Gasteiger partial charge is 0.349 e. The zero-order valence-corrected chi connectivity index (χ0v) is 16.5. The van der Waals surface area contributed by atoms with Gasteiger partial charge in [0, 0.05) is 30.2 Å². The molecule has 8 heteroatoms. The van der Waals surface area contributed by atoms with Crippen LogP contribution in [0, 0.1) is 11.8 Å². The highest BCUT2D eigenvalue weighted by molar-refractivity contribution is 6.30. The number of halogens is 3. The fourth-order valence-corrected chi connectivity index (χ4v) is 4.31. The number of alkyl halides is 2. The smallest absolute Gasteiger partial charge is 0.253 e. The fourth-order valence-electron chi connectivity index (χ4n) is 4.11. The minimum Gasteiger partial charge on any atom is -0.349 e. The summed E-state index contributed by atoms with van der Waals surface area (Å²) in [6.07, 6.45) is 0.427. The van der Waals surface area contributed by atoms with Gasteiger partial charge in [0.2, 0.25) is 11.8 Å². The molecule has 2 amide bonds. The Balaban J connectivity index is 1.74. The summed E-state index contributed by atoms with van der Waals surface area (Å²) >= 11 is 6.01. The van der Waals surface area contributed by atoms with Crippen molar-refractivity contribution < 1.29 is 23.2 Å². The molecule has 3 rings (SSSR count). The normalized spacial score (nSPS) is 29.0. The van der Waals surface area contributed by atoms with E-state index in [2.05, 4.69) is 10.6 Å². The second kappa shape index (κ2) is 7.43. The van der Waals surface area contributed by atoms with E-state index in [1.54, 1.807) is 24.3 Å². The lowest BCUT2D eigenvalue weighted by Gasteiger charge is -2.47. The first-order chi connectivity index (χ1) is 13.0. The Labute approximate surface area is 167 Å². The van der Waals surface area contributed by atoms with Crippen LogP contribution >= 0.6 is 11.6 Å². The van der Waals surface area contributed by atoms with E-state index in [-0.39, 0.29) is 31.0 Å². The molecule has 1 aromatic carbocycles. The Kier molecular flexibility index (Phi) is 5.49. The fraction of sp³-hybridized carbons (Fsp3) is 0.550. The first-order valence-electron chi connectivity index (χ1n) is 9.27. The molecule has 2 aliphatic rings. The SMILES string of the molecule is CC(=O)NC1(C(C)=O)CC(C(=O)N[C@H](c2cccc(Cl)c2)[C@@H]2CCC2(F)F)C1. The average molecular weight is 413 g/mol. The van der Waals surface area contributed by atoms with Gasteiger partial charge in [0.05, 0.1) is 11.6 Å². The molecule has 28 heavy (non-hydrogen) atoms. The number of amides is 2. The average Bonchev–Trinajstić information content (AvgIpc) is 2.55. The van der Waals surface area contributed by atoms with Crippen molar-refractivity contribution in [3.63, 3.8) is 0 Å². The molecular formula is C20H23ClF2N2O3. The van der Waals surface area contributed by atoms with Gasteiger partial charge in [0.1, 0.15) is 0 Å². The van der Waals surface area contributed by atoms with Crippen LogP contribution in [-0.4, -0.2) is 29.1 Å². The number of carbonyl (C=O) groups is 3. The number of rotatable bonds is 6. The van der Waals surface area contributed by atoms with Gasteiger partial charge in [-0.25, -0.2) is 8.78 Å². The number of benzene rings is 1. The zero-order valence-electron chi connectivity index (χ0n) is 15.7. The molecule has 0 heterocycles. The molecule has 5 nitrogen and oxygen atoms in total. The van der Waals surface area contributed by atoms with Crippen LogP contribution in [-0.2, 0) is 14.4 Å². The van der Waals surface area contributed by atoms with Crippen LogP contribution in [0.5, 0.6) is 0 Å². The molecule has 0 saturated heterocycles.